The molecule has 0 aliphatic carbocycles. The molecule has 2 aromatic rings. The summed E-state index contributed by atoms with van der Waals surface area (Å²) >= 11 is 0. The molecule has 2 aromatic carbocycles. The Kier molecular flexibility index (Phi) is 8.00. The van der Waals surface area contributed by atoms with Crippen LogP contribution in [0.4, 0.5) is 0 Å². The molecule has 6 heteroatoms. The first kappa shape index (κ1) is 21.1. The molecule has 0 saturated carbocycles. The van der Waals surface area contributed by atoms with Gasteiger partial charge < -0.3 is 4.90 Å². The highest BCUT2D eigenvalue weighted by molar-refractivity contribution is 7.89. The Bertz CT molecular complexity index is 818. The summed E-state index contributed by atoms with van der Waals surface area (Å²) in [5.41, 5.74) is 3.33. The van der Waals surface area contributed by atoms with Crippen molar-refractivity contribution in [2.75, 3.05) is 18.8 Å². The Hall–Kier alpha value is -2.18. The molecule has 0 spiro atoms. The lowest BCUT2D eigenvalue weighted by molar-refractivity contribution is -0.129. The van der Waals surface area contributed by atoms with Crippen molar-refractivity contribution < 1.29 is 13.2 Å². The summed E-state index contributed by atoms with van der Waals surface area (Å²) in [6.07, 6.45) is 1.30. The Morgan fingerprint density at radius 3 is 2.30 bits per heavy atom. The molecule has 0 heterocycles. The van der Waals surface area contributed by atoms with Crippen LogP contribution in [-0.2, 0) is 27.8 Å². The number of sulfonamides is 1. The van der Waals surface area contributed by atoms with Crippen LogP contribution in [0.1, 0.15) is 30.0 Å². The number of carbonyl (C=O) groups is 1. The zero-order valence-electron chi connectivity index (χ0n) is 16.0. The fourth-order valence-corrected chi connectivity index (χ4v) is 3.85. The van der Waals surface area contributed by atoms with E-state index in [4.69, 9.17) is 0 Å². The van der Waals surface area contributed by atoms with Crippen molar-refractivity contribution in [2.45, 2.75) is 33.2 Å². The van der Waals surface area contributed by atoms with Gasteiger partial charge in [-0.3, -0.25) is 4.79 Å². The number of nitrogens with zero attached hydrogens (tertiary/aromatic N) is 1. The predicted molar refractivity (Wildman–Crippen MR) is 109 cm³/mol. The molecule has 1 N–H and O–H groups in total. The zero-order chi connectivity index (χ0) is 19.7. The molecule has 0 aliphatic rings. The molecule has 0 bridgehead atoms. The Morgan fingerprint density at radius 2 is 1.67 bits per heavy atom. The second kappa shape index (κ2) is 10.2. The van der Waals surface area contributed by atoms with Gasteiger partial charge in [-0.15, -0.1) is 0 Å². The molecule has 2 rings (SSSR count). The van der Waals surface area contributed by atoms with E-state index in [0.717, 1.165) is 23.1 Å². The maximum atomic E-state index is 12.2. The standard InChI is InChI=1S/C21H28N2O3S/c1-18-10-12-21(13-11-18)17-23(19(2)24)15-14-22-27(25,26)16-6-9-20-7-4-3-5-8-20/h3-5,7-8,10-13,22H,6,9,14-17H2,1-2H3. The third-order valence-electron chi connectivity index (χ3n) is 4.36. The Balaban J connectivity index is 1.77. The van der Waals surface area contributed by atoms with E-state index in [9.17, 15) is 13.2 Å². The van der Waals surface area contributed by atoms with E-state index in [-0.39, 0.29) is 18.2 Å². The van der Waals surface area contributed by atoms with Crippen LogP contribution in [0.3, 0.4) is 0 Å². The van der Waals surface area contributed by atoms with Crippen molar-refractivity contribution in [2.24, 2.45) is 0 Å². The minimum Gasteiger partial charge on any atom is -0.337 e. The molecule has 0 unspecified atom stereocenters. The number of nitrogens with one attached hydrogen (secondary N) is 1. The number of amides is 1. The van der Waals surface area contributed by atoms with Crippen LogP contribution in [0.2, 0.25) is 0 Å². The van der Waals surface area contributed by atoms with Crippen LogP contribution >= 0.6 is 0 Å². The smallest absolute Gasteiger partial charge is 0.219 e. The summed E-state index contributed by atoms with van der Waals surface area (Å²) in [5.74, 6) is 0.0128. The fraction of sp³-hybridized carbons (Fsp3) is 0.381. The van der Waals surface area contributed by atoms with Gasteiger partial charge in [-0.1, -0.05) is 60.2 Å². The summed E-state index contributed by atoms with van der Waals surface area (Å²) in [4.78, 5) is 13.5. The van der Waals surface area contributed by atoms with E-state index in [0.29, 0.717) is 19.5 Å². The van der Waals surface area contributed by atoms with Gasteiger partial charge in [0.1, 0.15) is 0 Å². The highest BCUT2D eigenvalue weighted by atomic mass is 32.2. The maximum absolute atomic E-state index is 12.2. The van der Waals surface area contributed by atoms with Gasteiger partial charge in [0.25, 0.3) is 0 Å². The topological polar surface area (TPSA) is 66.5 Å². The predicted octanol–water partition coefficient (Wildman–Crippen LogP) is 2.90. The van der Waals surface area contributed by atoms with Crippen molar-refractivity contribution in [1.82, 2.24) is 9.62 Å². The molecule has 0 atom stereocenters. The third kappa shape index (κ3) is 7.93. The largest absolute Gasteiger partial charge is 0.337 e. The number of rotatable bonds is 10. The Labute approximate surface area is 162 Å². The molecule has 0 saturated heterocycles. The number of hydrogen-bond acceptors (Lipinski definition) is 3. The average Bonchev–Trinajstić information content (AvgIpc) is 2.63. The summed E-state index contributed by atoms with van der Waals surface area (Å²) in [7, 11) is -3.34. The van der Waals surface area contributed by atoms with E-state index in [2.05, 4.69) is 4.72 Å². The van der Waals surface area contributed by atoms with E-state index < -0.39 is 10.0 Å². The first-order chi connectivity index (χ1) is 12.9. The lowest BCUT2D eigenvalue weighted by Gasteiger charge is -2.21. The van der Waals surface area contributed by atoms with Crippen molar-refractivity contribution in [3.8, 4) is 0 Å². The van der Waals surface area contributed by atoms with Crippen LogP contribution in [0.25, 0.3) is 0 Å². The van der Waals surface area contributed by atoms with Crippen molar-refractivity contribution in [3.05, 3.63) is 71.3 Å². The highest BCUT2D eigenvalue weighted by Gasteiger charge is 2.13. The van der Waals surface area contributed by atoms with Gasteiger partial charge >= 0.3 is 0 Å². The monoisotopic (exact) mass is 388 g/mol. The molecule has 0 aliphatic heterocycles. The first-order valence-corrected chi connectivity index (χ1v) is 10.8. The normalized spacial score (nSPS) is 11.3. The van der Waals surface area contributed by atoms with Crippen LogP contribution in [-0.4, -0.2) is 38.1 Å². The number of carbonyl (C=O) groups excluding carboxylic acids is 1. The second-order valence-corrected chi connectivity index (χ2v) is 8.65. The summed E-state index contributed by atoms with van der Waals surface area (Å²) in [6, 6.07) is 17.8. The van der Waals surface area contributed by atoms with E-state index in [1.54, 1.807) is 4.90 Å². The Morgan fingerprint density at radius 1 is 1.00 bits per heavy atom. The van der Waals surface area contributed by atoms with Gasteiger partial charge in [-0.25, -0.2) is 13.1 Å². The molecule has 1 amide bonds. The van der Waals surface area contributed by atoms with Gasteiger partial charge in [-0.05, 0) is 30.9 Å². The third-order valence-corrected chi connectivity index (χ3v) is 5.83. The SMILES string of the molecule is CC(=O)N(CCNS(=O)(=O)CCCc1ccccc1)Cc1ccc(C)cc1. The van der Waals surface area contributed by atoms with Gasteiger partial charge in [0.2, 0.25) is 15.9 Å². The van der Waals surface area contributed by atoms with Crippen LogP contribution in [0, 0.1) is 6.92 Å². The van der Waals surface area contributed by atoms with Gasteiger partial charge in [0.15, 0.2) is 0 Å². The van der Waals surface area contributed by atoms with Crippen LogP contribution in [0.5, 0.6) is 0 Å². The first-order valence-electron chi connectivity index (χ1n) is 9.18. The van der Waals surface area contributed by atoms with Crippen LogP contribution < -0.4 is 4.72 Å². The lowest BCUT2D eigenvalue weighted by Crippen LogP contribution is -2.37. The quantitative estimate of drug-likeness (QED) is 0.681. The molecule has 5 nitrogen and oxygen atoms in total. The van der Waals surface area contributed by atoms with E-state index in [1.165, 1.54) is 6.92 Å². The van der Waals surface area contributed by atoms with Gasteiger partial charge in [-0.2, -0.15) is 0 Å². The highest BCUT2D eigenvalue weighted by Crippen LogP contribution is 2.07. The molecular formula is C21H28N2O3S. The number of benzene rings is 2. The van der Waals surface area contributed by atoms with E-state index >= 15 is 0 Å². The van der Waals surface area contributed by atoms with Crippen molar-refractivity contribution in [3.63, 3.8) is 0 Å². The molecule has 0 aromatic heterocycles. The summed E-state index contributed by atoms with van der Waals surface area (Å²) in [6.45, 7) is 4.56. The fourth-order valence-electron chi connectivity index (χ4n) is 2.78. The average molecular weight is 389 g/mol. The van der Waals surface area contributed by atoms with Crippen molar-refractivity contribution >= 4 is 15.9 Å². The van der Waals surface area contributed by atoms with Gasteiger partial charge in [0.05, 0.1) is 5.75 Å². The molecule has 0 radical (unpaired) electrons. The minimum atomic E-state index is -3.34. The van der Waals surface area contributed by atoms with Gasteiger partial charge in [0, 0.05) is 26.6 Å². The molecular weight excluding hydrogens is 360 g/mol. The summed E-state index contributed by atoms with van der Waals surface area (Å²) in [5, 5.41) is 0. The molecule has 27 heavy (non-hydrogen) atoms. The number of aryl methyl sites for hydroxylation is 2. The lowest BCUT2D eigenvalue weighted by atomic mass is 10.1. The second-order valence-electron chi connectivity index (χ2n) is 6.73. The number of hydrogen-bond donors (Lipinski definition) is 1. The van der Waals surface area contributed by atoms with Crippen molar-refractivity contribution in [1.29, 1.82) is 0 Å². The summed E-state index contributed by atoms with van der Waals surface area (Å²) < 4.78 is 26.9. The molecule has 0 fully saturated rings. The minimum absolute atomic E-state index is 0.0705. The molecule has 146 valence electrons. The maximum Gasteiger partial charge on any atom is 0.219 e. The zero-order valence-corrected chi connectivity index (χ0v) is 16.8. The van der Waals surface area contributed by atoms with E-state index in [1.807, 2.05) is 61.5 Å². The van der Waals surface area contributed by atoms with Crippen LogP contribution in [0.15, 0.2) is 54.6 Å².